The van der Waals surface area contributed by atoms with E-state index >= 15 is 0 Å². The van der Waals surface area contributed by atoms with E-state index in [-0.39, 0.29) is 23.1 Å². The fourth-order valence-electron chi connectivity index (χ4n) is 7.07. The molecule has 0 aliphatic heterocycles. The van der Waals surface area contributed by atoms with Gasteiger partial charge in [0.2, 0.25) is 0 Å². The highest BCUT2D eigenvalue weighted by molar-refractivity contribution is 5.99. The largest absolute Gasteiger partial charge is 0.346 e. The van der Waals surface area contributed by atoms with E-state index in [0.29, 0.717) is 16.7 Å². The van der Waals surface area contributed by atoms with Crippen molar-refractivity contribution in [3.05, 3.63) is 180 Å². The summed E-state index contributed by atoms with van der Waals surface area (Å²) in [6.07, 6.45) is 19.5. The van der Waals surface area contributed by atoms with Crippen LogP contribution in [0.4, 0.5) is 0 Å². The predicted molar refractivity (Wildman–Crippen MR) is 263 cm³/mol. The smallest absolute Gasteiger partial charge is 0.159 e. The maximum atomic E-state index is 11.5. The van der Waals surface area contributed by atoms with Gasteiger partial charge in [0.1, 0.15) is 16.9 Å². The molecule has 0 saturated carbocycles. The summed E-state index contributed by atoms with van der Waals surface area (Å²) in [6, 6.07) is 33.4. The van der Waals surface area contributed by atoms with Gasteiger partial charge in [-0.25, -0.2) is 15.0 Å². The van der Waals surface area contributed by atoms with Gasteiger partial charge in [-0.05, 0) is 106 Å². The fraction of sp³-hybridized carbons (Fsp3) is 0.0909. The topological polar surface area (TPSA) is 178 Å². The molecule has 9 aromatic rings. The van der Waals surface area contributed by atoms with E-state index in [1.165, 1.54) is 26.0 Å². The van der Waals surface area contributed by atoms with Crippen molar-refractivity contribution in [2.45, 2.75) is 34.6 Å². The standard InChI is InChI=1S/2C19H16N2O2.C17H13N3/c1-12(22)3-4-16-10-20-19-18(16)9-17(11-21-19)15-7-5-14(6-8-15)13(2)23;1-12(22)6-7-16-10-20-19-18(16)9-17(11-21-19)15-5-3-4-14(8-15)13(2)23;1-12(9-18)7-15-11-20-17-16(15)8-14(10-19-17)13-5-3-2-4-6-13/h2*3-11H,1-2H3,(H,20,21);2-8,10-11H,1H3,(H,19,20)/b4-3+;7-6+;12-7+. The molecule has 0 spiro atoms. The Kier molecular flexibility index (Phi) is 14.0. The quantitative estimate of drug-likeness (QED) is 0.0690. The number of hydrogen-bond donors (Lipinski definition) is 3. The lowest BCUT2D eigenvalue weighted by molar-refractivity contribution is -0.113. The van der Waals surface area contributed by atoms with Gasteiger partial charge in [-0.1, -0.05) is 72.8 Å². The molecule has 66 heavy (non-hydrogen) atoms. The lowest BCUT2D eigenvalue weighted by Crippen LogP contribution is -1.92. The number of allylic oxidation sites excluding steroid dienone is 3. The Morgan fingerprint density at radius 2 is 0.924 bits per heavy atom. The Hall–Kier alpha value is -8.88. The monoisotopic (exact) mass is 867 g/mol. The van der Waals surface area contributed by atoms with Gasteiger partial charge in [0.15, 0.2) is 23.1 Å². The highest BCUT2D eigenvalue weighted by atomic mass is 16.1. The molecule has 0 unspecified atom stereocenters. The number of Topliss-reactive ketones (excluding diaryl/α,β-unsaturated/α-hetero) is 2. The van der Waals surface area contributed by atoms with Crippen molar-refractivity contribution in [2.75, 3.05) is 0 Å². The second kappa shape index (κ2) is 20.5. The number of hydrogen-bond acceptors (Lipinski definition) is 8. The molecule has 324 valence electrons. The Morgan fingerprint density at radius 3 is 1.39 bits per heavy atom. The average molecular weight is 868 g/mol. The Bertz CT molecular complexity index is 3400. The normalized spacial score (nSPS) is 11.3. The molecule has 0 bridgehead atoms. The van der Waals surface area contributed by atoms with Crippen molar-refractivity contribution >= 4 is 74.5 Å². The molecule has 6 aromatic heterocycles. The molecular weight excluding hydrogens is 823 g/mol. The minimum absolute atomic E-state index is 0.00220. The molecule has 0 saturated heterocycles. The summed E-state index contributed by atoms with van der Waals surface area (Å²) in [5, 5.41) is 11.8. The molecule has 0 amide bonds. The molecule has 6 heterocycles. The maximum absolute atomic E-state index is 11.5. The summed E-state index contributed by atoms with van der Waals surface area (Å²) in [5.41, 5.74) is 13.3. The molecule has 3 aromatic carbocycles. The van der Waals surface area contributed by atoms with Gasteiger partial charge < -0.3 is 15.0 Å². The highest BCUT2D eigenvalue weighted by Crippen LogP contribution is 2.29. The van der Waals surface area contributed by atoms with Gasteiger partial charge in [0, 0.05) is 103 Å². The number of aromatic amines is 3. The number of ketones is 4. The summed E-state index contributed by atoms with van der Waals surface area (Å²) >= 11 is 0. The van der Waals surface area contributed by atoms with Gasteiger partial charge in [0.05, 0.1) is 6.07 Å². The first-order valence-electron chi connectivity index (χ1n) is 21.0. The van der Waals surface area contributed by atoms with Crippen molar-refractivity contribution in [1.82, 2.24) is 29.9 Å². The zero-order valence-electron chi connectivity index (χ0n) is 37.0. The van der Waals surface area contributed by atoms with Crippen molar-refractivity contribution < 1.29 is 19.2 Å². The van der Waals surface area contributed by atoms with E-state index in [9.17, 15) is 19.2 Å². The number of nitrogens with zero attached hydrogens (tertiary/aromatic N) is 4. The van der Waals surface area contributed by atoms with E-state index in [1.807, 2.05) is 104 Å². The molecule has 0 fully saturated rings. The molecular formula is C55H45N7O4. The van der Waals surface area contributed by atoms with Gasteiger partial charge >= 0.3 is 0 Å². The summed E-state index contributed by atoms with van der Waals surface area (Å²) in [4.78, 5) is 67.7. The average Bonchev–Trinajstić information content (AvgIpc) is 4.07. The zero-order chi connectivity index (χ0) is 46.7. The van der Waals surface area contributed by atoms with Crippen LogP contribution in [-0.2, 0) is 9.59 Å². The lowest BCUT2D eigenvalue weighted by Gasteiger charge is -2.04. The second-order valence-electron chi connectivity index (χ2n) is 15.6. The molecule has 0 aliphatic rings. The summed E-state index contributed by atoms with van der Waals surface area (Å²) in [5.74, 6) is 0.0842. The number of nitrogens with one attached hydrogen (secondary N) is 3. The van der Waals surface area contributed by atoms with Crippen LogP contribution in [-0.4, -0.2) is 53.0 Å². The number of carbonyl (C=O) groups excluding carboxylic acids is 4. The van der Waals surface area contributed by atoms with Gasteiger partial charge in [0.25, 0.3) is 0 Å². The van der Waals surface area contributed by atoms with E-state index in [0.717, 1.165) is 83.2 Å². The van der Waals surface area contributed by atoms with Crippen LogP contribution in [0, 0.1) is 11.3 Å². The van der Waals surface area contributed by atoms with Crippen molar-refractivity contribution in [1.29, 1.82) is 5.26 Å². The third-order valence-electron chi connectivity index (χ3n) is 10.6. The van der Waals surface area contributed by atoms with Crippen molar-refractivity contribution in [3.8, 4) is 39.4 Å². The summed E-state index contributed by atoms with van der Waals surface area (Å²) in [6.45, 7) is 7.94. The van der Waals surface area contributed by atoms with Crippen LogP contribution in [0.15, 0.2) is 152 Å². The molecule has 0 aliphatic carbocycles. The number of pyridine rings is 3. The number of H-pyrrole nitrogens is 3. The van der Waals surface area contributed by atoms with Crippen molar-refractivity contribution in [3.63, 3.8) is 0 Å². The number of carbonyl (C=O) groups is 4. The van der Waals surface area contributed by atoms with Gasteiger partial charge in [-0.2, -0.15) is 5.26 Å². The van der Waals surface area contributed by atoms with Crippen LogP contribution in [0.25, 0.3) is 84.7 Å². The second-order valence-corrected chi connectivity index (χ2v) is 15.6. The van der Waals surface area contributed by atoms with E-state index in [1.54, 1.807) is 51.4 Å². The summed E-state index contributed by atoms with van der Waals surface area (Å²) < 4.78 is 0. The van der Waals surface area contributed by atoms with Crippen LogP contribution in [0.3, 0.4) is 0 Å². The first-order chi connectivity index (χ1) is 31.9. The minimum Gasteiger partial charge on any atom is -0.346 e. The third-order valence-corrected chi connectivity index (χ3v) is 10.6. The fourth-order valence-corrected chi connectivity index (χ4v) is 7.07. The molecule has 3 N–H and O–H groups in total. The lowest BCUT2D eigenvalue weighted by atomic mass is 10.0. The SMILES string of the molecule is C/C(C#N)=C\c1c[nH]c2ncc(-c3ccccc3)cc12.CC(=O)/C=C/c1c[nH]c2ncc(-c3ccc(C(C)=O)cc3)cc12.CC(=O)/C=C/c1c[nH]c2ncc(-c3cccc(C(C)=O)c3)cc12. The number of aromatic nitrogens is 6. The van der Waals surface area contributed by atoms with E-state index < -0.39 is 0 Å². The number of benzene rings is 3. The van der Waals surface area contributed by atoms with Crippen molar-refractivity contribution in [2.24, 2.45) is 0 Å². The van der Waals surface area contributed by atoms with Crippen LogP contribution in [0.2, 0.25) is 0 Å². The molecule has 0 radical (unpaired) electrons. The molecule has 11 heteroatoms. The molecule has 11 nitrogen and oxygen atoms in total. The third kappa shape index (κ3) is 11.0. The van der Waals surface area contributed by atoms with E-state index in [2.05, 4.69) is 54.2 Å². The molecule has 9 rings (SSSR count). The predicted octanol–water partition coefficient (Wildman–Crippen LogP) is 12.2. The van der Waals surface area contributed by atoms with Crippen LogP contribution in [0.5, 0.6) is 0 Å². The zero-order valence-corrected chi connectivity index (χ0v) is 37.0. The Labute approximate surface area is 381 Å². The minimum atomic E-state index is -0.00220. The van der Waals surface area contributed by atoms with Crippen LogP contribution >= 0.6 is 0 Å². The first-order valence-corrected chi connectivity index (χ1v) is 21.0. The number of fused-ring (bicyclic) bond motifs is 3. The Morgan fingerprint density at radius 1 is 0.485 bits per heavy atom. The Balaban J connectivity index is 0.000000148. The first kappa shape index (κ1) is 45.2. The van der Waals surface area contributed by atoms with Gasteiger partial charge in [-0.3, -0.25) is 19.2 Å². The summed E-state index contributed by atoms with van der Waals surface area (Å²) in [7, 11) is 0. The number of nitriles is 1. The van der Waals surface area contributed by atoms with Crippen LogP contribution in [0.1, 0.15) is 72.0 Å². The number of rotatable bonds is 10. The van der Waals surface area contributed by atoms with Crippen LogP contribution < -0.4 is 0 Å². The van der Waals surface area contributed by atoms with Gasteiger partial charge in [-0.15, -0.1) is 0 Å². The van der Waals surface area contributed by atoms with E-state index in [4.69, 9.17) is 5.26 Å². The maximum Gasteiger partial charge on any atom is 0.159 e. The molecule has 0 atom stereocenters. The highest BCUT2D eigenvalue weighted by Gasteiger charge is 2.10.